The van der Waals surface area contributed by atoms with Crippen molar-refractivity contribution < 1.29 is 23.5 Å². The Bertz CT molecular complexity index is 769. The van der Waals surface area contributed by atoms with Gasteiger partial charge in [-0.15, -0.1) is 0 Å². The molecule has 2 aliphatic rings. The first-order chi connectivity index (χ1) is 12.3. The molecular weight excluding hydrogens is 339 g/mol. The van der Waals surface area contributed by atoms with E-state index in [0.29, 0.717) is 31.7 Å². The summed E-state index contributed by atoms with van der Waals surface area (Å²) < 4.78 is 19.4. The van der Waals surface area contributed by atoms with Gasteiger partial charge in [-0.2, -0.15) is 0 Å². The molecule has 0 bridgehead atoms. The highest BCUT2D eigenvalue weighted by molar-refractivity contribution is 6.00. The molecule has 3 rings (SSSR count). The number of ether oxygens (including phenoxy) is 1. The van der Waals surface area contributed by atoms with Crippen LogP contribution in [0, 0.1) is 5.82 Å². The van der Waals surface area contributed by atoms with Crippen LogP contribution in [-0.2, 0) is 9.59 Å². The van der Waals surface area contributed by atoms with E-state index in [1.54, 1.807) is 11.9 Å². The second-order valence-electron chi connectivity index (χ2n) is 6.80. The topological polar surface area (TPSA) is 66.9 Å². The Balaban J connectivity index is 1.64. The standard InChI is InChI=1S/C19H21FN2O4/c1-3-17(24)21(2)12-18(25)22-8-6-19(7-9-22)11-15(23)14-10-13(20)4-5-16(14)26-19/h3-5,10H,1,6-9,11-12H2,2H3. The third-order valence-electron chi connectivity index (χ3n) is 5.00. The molecule has 0 N–H and O–H groups in total. The van der Waals surface area contributed by atoms with Crippen LogP contribution >= 0.6 is 0 Å². The second kappa shape index (κ2) is 6.90. The number of rotatable bonds is 3. The van der Waals surface area contributed by atoms with Crippen LogP contribution in [0.3, 0.4) is 0 Å². The Morgan fingerprint density at radius 3 is 2.73 bits per heavy atom. The van der Waals surface area contributed by atoms with Crippen molar-refractivity contribution in [3.05, 3.63) is 42.2 Å². The molecule has 7 heteroatoms. The predicted octanol–water partition coefficient (Wildman–Crippen LogP) is 1.80. The number of hydrogen-bond donors (Lipinski definition) is 0. The lowest BCUT2D eigenvalue weighted by molar-refractivity contribution is -0.139. The molecular formula is C19H21FN2O4. The van der Waals surface area contributed by atoms with E-state index in [0.717, 1.165) is 0 Å². The molecule has 1 fully saturated rings. The number of likely N-dealkylation sites (N-methyl/N-ethyl adjacent to an activating group) is 1. The number of piperidine rings is 1. The summed E-state index contributed by atoms with van der Waals surface area (Å²) in [4.78, 5) is 39.2. The zero-order valence-corrected chi connectivity index (χ0v) is 14.7. The summed E-state index contributed by atoms with van der Waals surface area (Å²) in [5.74, 6) is -0.658. The van der Waals surface area contributed by atoms with Crippen LogP contribution < -0.4 is 4.74 Å². The fraction of sp³-hybridized carbons (Fsp3) is 0.421. The summed E-state index contributed by atoms with van der Waals surface area (Å²) in [6, 6.07) is 3.96. The first-order valence-corrected chi connectivity index (χ1v) is 8.51. The molecule has 6 nitrogen and oxygen atoms in total. The summed E-state index contributed by atoms with van der Waals surface area (Å²) in [6.07, 6.45) is 2.38. The fourth-order valence-corrected chi connectivity index (χ4v) is 3.45. The zero-order chi connectivity index (χ0) is 18.9. The third kappa shape index (κ3) is 3.47. The second-order valence-corrected chi connectivity index (χ2v) is 6.80. The minimum atomic E-state index is -0.651. The van der Waals surface area contributed by atoms with E-state index >= 15 is 0 Å². The van der Waals surface area contributed by atoms with Crippen molar-refractivity contribution in [3.8, 4) is 5.75 Å². The molecule has 2 amide bonds. The zero-order valence-electron chi connectivity index (χ0n) is 14.7. The van der Waals surface area contributed by atoms with Crippen molar-refractivity contribution in [1.82, 2.24) is 9.80 Å². The van der Waals surface area contributed by atoms with Crippen molar-refractivity contribution in [2.24, 2.45) is 0 Å². The van der Waals surface area contributed by atoms with Crippen LogP contribution in [0.2, 0.25) is 0 Å². The summed E-state index contributed by atoms with van der Waals surface area (Å²) in [6.45, 7) is 4.27. The molecule has 0 radical (unpaired) electrons. The quantitative estimate of drug-likeness (QED) is 0.771. The van der Waals surface area contributed by atoms with Gasteiger partial charge in [-0.05, 0) is 24.3 Å². The van der Waals surface area contributed by atoms with Gasteiger partial charge in [0.25, 0.3) is 0 Å². The van der Waals surface area contributed by atoms with Crippen LogP contribution in [-0.4, -0.2) is 59.7 Å². The van der Waals surface area contributed by atoms with E-state index in [1.165, 1.54) is 29.2 Å². The highest BCUT2D eigenvalue weighted by atomic mass is 19.1. The lowest BCUT2D eigenvalue weighted by Crippen LogP contribution is -2.53. The van der Waals surface area contributed by atoms with Gasteiger partial charge in [0.1, 0.15) is 17.2 Å². The van der Waals surface area contributed by atoms with Gasteiger partial charge >= 0.3 is 0 Å². The summed E-state index contributed by atoms with van der Waals surface area (Å²) >= 11 is 0. The largest absolute Gasteiger partial charge is 0.486 e. The van der Waals surface area contributed by atoms with E-state index < -0.39 is 11.4 Å². The van der Waals surface area contributed by atoms with Crippen molar-refractivity contribution in [2.45, 2.75) is 24.9 Å². The minimum absolute atomic E-state index is 0.0141. The van der Waals surface area contributed by atoms with Crippen molar-refractivity contribution in [3.63, 3.8) is 0 Å². The maximum Gasteiger partial charge on any atom is 0.246 e. The van der Waals surface area contributed by atoms with Gasteiger partial charge in [-0.3, -0.25) is 14.4 Å². The van der Waals surface area contributed by atoms with Crippen LogP contribution in [0.4, 0.5) is 4.39 Å². The number of carbonyl (C=O) groups excluding carboxylic acids is 3. The maximum atomic E-state index is 13.3. The molecule has 1 spiro atoms. The number of halogens is 1. The number of fused-ring (bicyclic) bond motifs is 1. The number of ketones is 1. The van der Waals surface area contributed by atoms with Crippen molar-refractivity contribution in [2.75, 3.05) is 26.7 Å². The van der Waals surface area contributed by atoms with Gasteiger partial charge in [-0.1, -0.05) is 6.58 Å². The Kier molecular flexibility index (Phi) is 4.80. The maximum absolute atomic E-state index is 13.3. The molecule has 0 atom stereocenters. The van der Waals surface area contributed by atoms with Crippen LogP contribution in [0.25, 0.3) is 0 Å². The predicted molar refractivity (Wildman–Crippen MR) is 92.4 cm³/mol. The Morgan fingerprint density at radius 1 is 1.38 bits per heavy atom. The number of amides is 2. The molecule has 26 heavy (non-hydrogen) atoms. The number of nitrogens with zero attached hydrogens (tertiary/aromatic N) is 2. The van der Waals surface area contributed by atoms with E-state index in [4.69, 9.17) is 4.74 Å². The van der Waals surface area contributed by atoms with E-state index in [2.05, 4.69) is 6.58 Å². The number of likely N-dealkylation sites (tertiary alicyclic amines) is 1. The summed E-state index contributed by atoms with van der Waals surface area (Å²) in [5, 5.41) is 0. The highest BCUT2D eigenvalue weighted by Gasteiger charge is 2.43. The average molecular weight is 360 g/mol. The van der Waals surface area contributed by atoms with Gasteiger partial charge in [-0.25, -0.2) is 4.39 Å². The van der Waals surface area contributed by atoms with Gasteiger partial charge < -0.3 is 14.5 Å². The SMILES string of the molecule is C=CC(=O)N(C)CC(=O)N1CCC2(CC1)CC(=O)c1cc(F)ccc1O2. The van der Waals surface area contributed by atoms with E-state index in [1.807, 2.05) is 0 Å². The van der Waals surface area contributed by atoms with Crippen molar-refractivity contribution >= 4 is 17.6 Å². The van der Waals surface area contributed by atoms with Crippen LogP contribution in [0.15, 0.2) is 30.9 Å². The van der Waals surface area contributed by atoms with Crippen LogP contribution in [0.1, 0.15) is 29.6 Å². The smallest absolute Gasteiger partial charge is 0.246 e. The highest BCUT2D eigenvalue weighted by Crippen LogP contribution is 2.39. The first kappa shape index (κ1) is 18.1. The number of hydrogen-bond acceptors (Lipinski definition) is 4. The third-order valence-corrected chi connectivity index (χ3v) is 5.00. The summed E-state index contributed by atoms with van der Waals surface area (Å²) in [7, 11) is 1.55. The lowest BCUT2D eigenvalue weighted by Gasteiger charge is -2.44. The van der Waals surface area contributed by atoms with Gasteiger partial charge in [0, 0.05) is 33.0 Å². The minimum Gasteiger partial charge on any atom is -0.486 e. The van der Waals surface area contributed by atoms with Crippen LogP contribution in [0.5, 0.6) is 5.75 Å². The molecule has 2 heterocycles. The van der Waals surface area contributed by atoms with E-state index in [-0.39, 0.29) is 36.1 Å². The van der Waals surface area contributed by atoms with Gasteiger partial charge in [0.05, 0.1) is 18.5 Å². The molecule has 1 saturated heterocycles. The Morgan fingerprint density at radius 2 is 2.08 bits per heavy atom. The molecule has 0 aromatic heterocycles. The number of benzene rings is 1. The average Bonchev–Trinajstić information content (AvgIpc) is 2.62. The molecule has 0 unspecified atom stereocenters. The molecule has 1 aromatic carbocycles. The van der Waals surface area contributed by atoms with Gasteiger partial charge in [0.2, 0.25) is 11.8 Å². The lowest BCUT2D eigenvalue weighted by atomic mass is 9.82. The fourth-order valence-electron chi connectivity index (χ4n) is 3.45. The molecule has 1 aromatic rings. The Labute approximate surface area is 151 Å². The monoisotopic (exact) mass is 360 g/mol. The van der Waals surface area contributed by atoms with E-state index in [9.17, 15) is 18.8 Å². The van der Waals surface area contributed by atoms with Gasteiger partial charge in [0.15, 0.2) is 5.78 Å². The van der Waals surface area contributed by atoms with Crippen molar-refractivity contribution in [1.29, 1.82) is 0 Å². The first-order valence-electron chi connectivity index (χ1n) is 8.51. The normalized spacial score (nSPS) is 18.1. The molecule has 0 aliphatic carbocycles. The molecule has 0 saturated carbocycles. The number of carbonyl (C=O) groups is 3. The number of Topliss-reactive ketones (excluding diaryl/α,β-unsaturated/α-hetero) is 1. The molecule has 2 aliphatic heterocycles. The molecule has 138 valence electrons. The summed E-state index contributed by atoms with van der Waals surface area (Å²) in [5.41, 5.74) is -0.375. The Hall–Kier alpha value is -2.70.